The largest absolute Gasteiger partial charge is 0.495 e. The van der Waals surface area contributed by atoms with Gasteiger partial charge in [0.15, 0.2) is 10.7 Å². The fraction of sp³-hybridized carbons (Fsp3) is 0.125. The lowest BCUT2D eigenvalue weighted by Crippen LogP contribution is -2.11. The summed E-state index contributed by atoms with van der Waals surface area (Å²) in [6.45, 7) is 0. The van der Waals surface area contributed by atoms with E-state index in [1.54, 1.807) is 0 Å². The molecule has 5 nitrogen and oxygen atoms in total. The van der Waals surface area contributed by atoms with Gasteiger partial charge in [-0.05, 0) is 18.2 Å². The molecule has 76 valence electrons. The number of benzene rings is 1. The highest BCUT2D eigenvalue weighted by Gasteiger charge is 2.09. The van der Waals surface area contributed by atoms with Crippen LogP contribution in [0.15, 0.2) is 23.1 Å². The zero-order valence-corrected chi connectivity index (χ0v) is 8.28. The molecule has 1 aromatic carbocycles. The molecule has 0 bridgehead atoms. The molecule has 0 fully saturated rings. The van der Waals surface area contributed by atoms with E-state index in [1.807, 2.05) is 0 Å². The highest BCUT2D eigenvalue weighted by Crippen LogP contribution is 2.20. The number of methoxy groups -OCH3 is 1. The summed E-state index contributed by atoms with van der Waals surface area (Å²) < 4.78 is 26.3. The van der Waals surface area contributed by atoms with Crippen LogP contribution in [0.2, 0.25) is 0 Å². The van der Waals surface area contributed by atoms with Crippen LogP contribution in [0.1, 0.15) is 10.4 Å². The van der Waals surface area contributed by atoms with Crippen LogP contribution in [0.3, 0.4) is 0 Å². The lowest BCUT2D eigenvalue weighted by atomic mass is 10.2. The Morgan fingerprint density at radius 1 is 1.43 bits per heavy atom. The van der Waals surface area contributed by atoms with Gasteiger partial charge in [-0.1, -0.05) is 0 Å². The van der Waals surface area contributed by atoms with Gasteiger partial charge in [-0.25, -0.2) is 8.42 Å². The van der Waals surface area contributed by atoms with Crippen molar-refractivity contribution in [2.24, 2.45) is 5.73 Å². The number of carbonyl (C=O) groups excluding carboxylic acids is 1. The van der Waals surface area contributed by atoms with E-state index in [2.05, 4.69) is 0 Å². The molecule has 0 radical (unpaired) electrons. The quantitative estimate of drug-likeness (QED) is 0.681. The average molecular weight is 215 g/mol. The van der Waals surface area contributed by atoms with Gasteiger partial charge in [0.1, 0.15) is 10.6 Å². The topological polar surface area (TPSA) is 86.5 Å². The summed E-state index contributed by atoms with van der Waals surface area (Å²) in [4.78, 5) is 10.7. The number of primary amides is 1. The Hall–Kier alpha value is -1.56. The van der Waals surface area contributed by atoms with E-state index in [-0.39, 0.29) is 16.2 Å². The first-order valence-corrected chi connectivity index (χ1v) is 4.86. The number of nitrogens with two attached hydrogens (primary N) is 1. The van der Waals surface area contributed by atoms with Crippen molar-refractivity contribution in [3.05, 3.63) is 23.8 Å². The number of carbonyl (C=O) groups is 1. The van der Waals surface area contributed by atoms with Crippen molar-refractivity contribution in [1.82, 2.24) is 0 Å². The molecule has 2 N–H and O–H groups in total. The smallest absolute Gasteiger partial charge is 0.248 e. The fourth-order valence-electron chi connectivity index (χ4n) is 0.986. The maximum absolute atomic E-state index is 10.8. The molecule has 0 aromatic heterocycles. The molecule has 1 amide bonds. The maximum Gasteiger partial charge on any atom is 0.248 e. The van der Waals surface area contributed by atoms with Gasteiger partial charge in [0.05, 0.1) is 7.11 Å². The minimum Gasteiger partial charge on any atom is -0.495 e. The Morgan fingerprint density at radius 2 is 2.07 bits per heavy atom. The van der Waals surface area contributed by atoms with Crippen LogP contribution in [0.25, 0.3) is 0 Å². The number of amides is 1. The summed E-state index contributed by atoms with van der Waals surface area (Å²) in [6, 6.07) is 3.98. The van der Waals surface area contributed by atoms with Gasteiger partial charge >= 0.3 is 0 Å². The number of hydrogen-bond donors (Lipinski definition) is 2. The molecule has 0 spiro atoms. The third-order valence-corrected chi connectivity index (χ3v) is 2.40. The van der Waals surface area contributed by atoms with Crippen LogP contribution < -0.4 is 10.5 Å². The molecule has 0 saturated heterocycles. The maximum atomic E-state index is 10.8. The van der Waals surface area contributed by atoms with Gasteiger partial charge in [0, 0.05) is 5.56 Å². The first kappa shape index (κ1) is 10.5. The molecule has 0 heterocycles. The summed E-state index contributed by atoms with van der Waals surface area (Å²) in [5.41, 5.74) is 5.14. The molecule has 14 heavy (non-hydrogen) atoms. The lowest BCUT2D eigenvalue weighted by Gasteiger charge is -2.03. The average Bonchev–Trinajstić information content (AvgIpc) is 2.16. The van der Waals surface area contributed by atoms with Gasteiger partial charge in [-0.3, -0.25) is 4.79 Å². The number of rotatable bonds is 3. The molecular formula is C8H9NO4S. The molecule has 1 aromatic rings. The first-order valence-electron chi connectivity index (χ1n) is 3.68. The molecule has 0 unspecified atom stereocenters. The van der Waals surface area contributed by atoms with Crippen LogP contribution >= 0.6 is 0 Å². The molecule has 6 heteroatoms. The summed E-state index contributed by atoms with van der Waals surface area (Å²) in [5.74, 6) is -0.475. The number of thiol groups is 1. The molecule has 0 aliphatic heterocycles. The molecular weight excluding hydrogens is 206 g/mol. The van der Waals surface area contributed by atoms with Gasteiger partial charge in [-0.2, -0.15) is 0 Å². The van der Waals surface area contributed by atoms with E-state index >= 15 is 0 Å². The molecule has 1 rings (SSSR count). The van der Waals surface area contributed by atoms with Gasteiger partial charge in [0.25, 0.3) is 0 Å². The van der Waals surface area contributed by atoms with Crippen LogP contribution in [0, 0.1) is 0 Å². The predicted molar refractivity (Wildman–Crippen MR) is 50.1 cm³/mol. The monoisotopic (exact) mass is 215 g/mol. The highest BCUT2D eigenvalue weighted by atomic mass is 32.2. The number of hydrogen-bond acceptors (Lipinski definition) is 4. The summed E-state index contributed by atoms with van der Waals surface area (Å²) in [6.07, 6.45) is 0. The minimum absolute atomic E-state index is 0.0428. The second-order valence-electron chi connectivity index (χ2n) is 2.51. The summed E-state index contributed by atoms with van der Waals surface area (Å²) in [5, 5.41) is 0. The third kappa shape index (κ3) is 2.02. The number of ether oxygens (including phenoxy) is 1. The molecule has 0 aliphatic rings. The van der Waals surface area contributed by atoms with Crippen molar-refractivity contribution in [2.45, 2.75) is 4.90 Å². The fourth-order valence-corrected chi connectivity index (χ4v) is 1.58. The first-order chi connectivity index (χ1) is 6.56. The van der Waals surface area contributed by atoms with Crippen molar-refractivity contribution >= 4 is 16.6 Å². The van der Waals surface area contributed by atoms with Crippen LogP contribution in [-0.4, -0.2) is 21.4 Å². The second-order valence-corrected chi connectivity index (χ2v) is 3.50. The van der Waals surface area contributed by atoms with E-state index in [1.165, 1.54) is 25.3 Å². The Bertz CT molecular complexity index is 431. The van der Waals surface area contributed by atoms with Crippen molar-refractivity contribution < 1.29 is 17.9 Å². The third-order valence-electron chi connectivity index (χ3n) is 1.66. The van der Waals surface area contributed by atoms with Crippen molar-refractivity contribution in [3.8, 4) is 5.75 Å². The van der Waals surface area contributed by atoms with Gasteiger partial charge in [-0.15, -0.1) is 0 Å². The predicted octanol–water partition coefficient (Wildman–Crippen LogP) is -0.236. The van der Waals surface area contributed by atoms with Crippen molar-refractivity contribution in [3.63, 3.8) is 0 Å². The SMILES string of the molecule is COc1ccc(C(N)=O)cc1[SH](=O)=O. The lowest BCUT2D eigenvalue weighted by molar-refractivity contribution is 0.1000. The summed E-state index contributed by atoms with van der Waals surface area (Å²) in [7, 11) is -1.45. The Balaban J connectivity index is 3.35. The Labute approximate surface area is 82.4 Å². The van der Waals surface area contributed by atoms with E-state index < -0.39 is 16.6 Å². The van der Waals surface area contributed by atoms with Crippen molar-refractivity contribution in [2.75, 3.05) is 7.11 Å². The molecule has 0 aliphatic carbocycles. The highest BCUT2D eigenvalue weighted by molar-refractivity contribution is 7.72. The molecule has 0 saturated carbocycles. The van der Waals surface area contributed by atoms with Gasteiger partial charge in [0.2, 0.25) is 5.91 Å². The van der Waals surface area contributed by atoms with Crippen LogP contribution in [-0.2, 0) is 10.7 Å². The zero-order chi connectivity index (χ0) is 10.7. The van der Waals surface area contributed by atoms with E-state index in [4.69, 9.17) is 10.5 Å². The van der Waals surface area contributed by atoms with E-state index in [0.29, 0.717) is 0 Å². The van der Waals surface area contributed by atoms with Crippen LogP contribution in [0.4, 0.5) is 0 Å². The molecule has 0 atom stereocenters. The van der Waals surface area contributed by atoms with E-state index in [9.17, 15) is 13.2 Å². The van der Waals surface area contributed by atoms with Gasteiger partial charge < -0.3 is 10.5 Å². The van der Waals surface area contributed by atoms with E-state index in [0.717, 1.165) is 0 Å². The van der Waals surface area contributed by atoms with Crippen LogP contribution in [0.5, 0.6) is 5.75 Å². The Morgan fingerprint density at radius 3 is 2.50 bits per heavy atom. The zero-order valence-electron chi connectivity index (χ0n) is 7.39. The van der Waals surface area contributed by atoms with Crippen molar-refractivity contribution in [1.29, 1.82) is 0 Å². The second kappa shape index (κ2) is 4.10. The normalized spacial score (nSPS) is 10.1. The standard InChI is InChI=1S/C8H9NO4S/c1-13-6-3-2-5(8(9)10)4-7(6)14(11)12/h2-4,14H,1H3,(H2,9,10). The minimum atomic E-state index is -2.80. The Kier molecular flexibility index (Phi) is 3.08. The summed E-state index contributed by atoms with van der Waals surface area (Å²) >= 11 is 0.